The van der Waals surface area contributed by atoms with Gasteiger partial charge in [-0.1, -0.05) is 5.92 Å². The lowest BCUT2D eigenvalue weighted by atomic mass is 10.2. The van der Waals surface area contributed by atoms with E-state index in [0.717, 1.165) is 12.6 Å². The molecule has 0 amide bonds. The van der Waals surface area contributed by atoms with E-state index in [-0.39, 0.29) is 0 Å². The van der Waals surface area contributed by atoms with Gasteiger partial charge in [0.05, 0.1) is 6.54 Å². The third kappa shape index (κ3) is 3.53. The SMILES string of the molecule is C#CCNCC(C)N(C)C1CCSC1. The van der Waals surface area contributed by atoms with Crippen LogP contribution < -0.4 is 5.32 Å². The van der Waals surface area contributed by atoms with Crippen LogP contribution in [0.3, 0.4) is 0 Å². The van der Waals surface area contributed by atoms with Crippen LogP contribution in [0, 0.1) is 12.3 Å². The van der Waals surface area contributed by atoms with Crippen molar-refractivity contribution in [3.63, 3.8) is 0 Å². The van der Waals surface area contributed by atoms with Gasteiger partial charge in [0.15, 0.2) is 0 Å². The largest absolute Gasteiger partial charge is 0.305 e. The summed E-state index contributed by atoms with van der Waals surface area (Å²) >= 11 is 2.06. The van der Waals surface area contributed by atoms with Crippen molar-refractivity contribution < 1.29 is 0 Å². The van der Waals surface area contributed by atoms with Gasteiger partial charge in [-0.15, -0.1) is 6.42 Å². The Balaban J connectivity index is 2.21. The minimum absolute atomic E-state index is 0.576. The van der Waals surface area contributed by atoms with Gasteiger partial charge in [-0.05, 0) is 26.1 Å². The van der Waals surface area contributed by atoms with Crippen LogP contribution in [0.15, 0.2) is 0 Å². The lowest BCUT2D eigenvalue weighted by Gasteiger charge is -2.30. The Bertz CT molecular complexity index is 194. The molecule has 2 unspecified atom stereocenters. The van der Waals surface area contributed by atoms with Crippen molar-refractivity contribution in [2.24, 2.45) is 0 Å². The average Bonchev–Trinajstić information content (AvgIpc) is 2.69. The van der Waals surface area contributed by atoms with E-state index in [1.54, 1.807) is 0 Å². The summed E-state index contributed by atoms with van der Waals surface area (Å²) in [5, 5.41) is 3.25. The van der Waals surface area contributed by atoms with Crippen LogP contribution in [0.25, 0.3) is 0 Å². The van der Waals surface area contributed by atoms with Crippen LogP contribution in [0.2, 0.25) is 0 Å². The molecule has 0 bridgehead atoms. The van der Waals surface area contributed by atoms with Crippen LogP contribution in [-0.4, -0.2) is 48.6 Å². The first kappa shape index (κ1) is 11.9. The molecule has 3 heteroatoms. The molecule has 1 aliphatic rings. The van der Waals surface area contributed by atoms with Crippen molar-refractivity contribution in [1.29, 1.82) is 0 Å². The third-order valence-corrected chi connectivity index (χ3v) is 3.99. The predicted molar refractivity (Wildman–Crippen MR) is 64.7 cm³/mol. The zero-order valence-corrected chi connectivity index (χ0v) is 9.94. The highest BCUT2D eigenvalue weighted by molar-refractivity contribution is 7.99. The molecule has 0 aromatic heterocycles. The molecule has 80 valence electrons. The maximum Gasteiger partial charge on any atom is 0.0574 e. The Morgan fingerprint density at radius 1 is 1.71 bits per heavy atom. The second-order valence-corrected chi connectivity index (χ2v) is 5.02. The molecule has 1 saturated heterocycles. The highest BCUT2D eigenvalue weighted by Crippen LogP contribution is 2.22. The smallest absolute Gasteiger partial charge is 0.0574 e. The zero-order valence-electron chi connectivity index (χ0n) is 9.12. The third-order valence-electron chi connectivity index (χ3n) is 2.84. The molecule has 0 radical (unpaired) electrons. The lowest BCUT2D eigenvalue weighted by Crippen LogP contribution is -2.44. The molecule has 14 heavy (non-hydrogen) atoms. The highest BCUT2D eigenvalue weighted by atomic mass is 32.2. The second kappa shape index (κ2) is 6.34. The van der Waals surface area contributed by atoms with E-state index in [1.807, 2.05) is 0 Å². The summed E-state index contributed by atoms with van der Waals surface area (Å²) in [6.45, 7) is 3.92. The molecule has 1 N–H and O–H groups in total. The van der Waals surface area contributed by atoms with Crippen molar-refractivity contribution in [3.05, 3.63) is 0 Å². The number of hydrogen-bond acceptors (Lipinski definition) is 3. The van der Waals surface area contributed by atoms with Gasteiger partial charge in [0.1, 0.15) is 0 Å². The molecule has 2 atom stereocenters. The van der Waals surface area contributed by atoms with Crippen LogP contribution in [-0.2, 0) is 0 Å². The van der Waals surface area contributed by atoms with Crippen molar-refractivity contribution in [2.75, 3.05) is 31.6 Å². The van der Waals surface area contributed by atoms with Crippen molar-refractivity contribution in [2.45, 2.75) is 25.4 Å². The van der Waals surface area contributed by atoms with Gasteiger partial charge in [0.2, 0.25) is 0 Å². The molecule has 1 heterocycles. The van der Waals surface area contributed by atoms with E-state index in [4.69, 9.17) is 6.42 Å². The van der Waals surface area contributed by atoms with Gasteiger partial charge in [0, 0.05) is 24.4 Å². The summed E-state index contributed by atoms with van der Waals surface area (Å²) in [6, 6.07) is 1.34. The van der Waals surface area contributed by atoms with E-state index in [1.165, 1.54) is 17.9 Å². The second-order valence-electron chi connectivity index (χ2n) is 3.87. The summed E-state index contributed by atoms with van der Waals surface area (Å²) in [5.41, 5.74) is 0. The molecule has 1 aliphatic heterocycles. The number of nitrogens with one attached hydrogen (secondary N) is 1. The first-order valence-electron chi connectivity index (χ1n) is 5.19. The molecule has 1 rings (SSSR count). The average molecular weight is 212 g/mol. The van der Waals surface area contributed by atoms with Gasteiger partial charge in [-0.25, -0.2) is 0 Å². The fraction of sp³-hybridized carbons (Fsp3) is 0.818. The molecular weight excluding hydrogens is 192 g/mol. The van der Waals surface area contributed by atoms with Crippen LogP contribution in [0.5, 0.6) is 0 Å². The van der Waals surface area contributed by atoms with E-state index >= 15 is 0 Å². The lowest BCUT2D eigenvalue weighted by molar-refractivity contribution is 0.197. The summed E-state index contributed by atoms with van der Waals surface area (Å²) < 4.78 is 0. The molecule has 0 aromatic rings. The first-order valence-corrected chi connectivity index (χ1v) is 6.35. The molecule has 0 aromatic carbocycles. The minimum atomic E-state index is 0.576. The number of rotatable bonds is 5. The predicted octanol–water partition coefficient (Wildman–Crippen LogP) is 1.03. The summed E-state index contributed by atoms with van der Waals surface area (Å²) in [4.78, 5) is 2.48. The summed E-state index contributed by atoms with van der Waals surface area (Å²) in [7, 11) is 2.22. The minimum Gasteiger partial charge on any atom is -0.305 e. The molecule has 0 saturated carbocycles. The van der Waals surface area contributed by atoms with Crippen LogP contribution in [0.1, 0.15) is 13.3 Å². The molecule has 0 aliphatic carbocycles. The van der Waals surface area contributed by atoms with Gasteiger partial charge >= 0.3 is 0 Å². The van der Waals surface area contributed by atoms with Crippen LogP contribution in [0.4, 0.5) is 0 Å². The number of terminal acetylenes is 1. The summed E-state index contributed by atoms with van der Waals surface area (Å²) in [5.74, 6) is 5.20. The van der Waals surface area contributed by atoms with E-state index < -0.39 is 0 Å². The highest BCUT2D eigenvalue weighted by Gasteiger charge is 2.22. The Morgan fingerprint density at radius 2 is 2.50 bits per heavy atom. The van der Waals surface area contributed by atoms with Crippen LogP contribution >= 0.6 is 11.8 Å². The van der Waals surface area contributed by atoms with Crippen molar-refractivity contribution in [1.82, 2.24) is 10.2 Å². The molecule has 1 fully saturated rings. The molecule has 2 nitrogen and oxygen atoms in total. The number of hydrogen-bond donors (Lipinski definition) is 1. The maximum absolute atomic E-state index is 5.18. The molecular formula is C11H20N2S. The van der Waals surface area contributed by atoms with E-state index in [2.05, 4.69) is 41.9 Å². The quantitative estimate of drug-likeness (QED) is 0.541. The van der Waals surface area contributed by atoms with Crippen molar-refractivity contribution in [3.8, 4) is 12.3 Å². The molecule has 0 spiro atoms. The Kier molecular flexibility index (Phi) is 5.39. The fourth-order valence-corrected chi connectivity index (χ4v) is 2.98. The fourth-order valence-electron chi connectivity index (χ4n) is 1.70. The van der Waals surface area contributed by atoms with Gasteiger partial charge in [-0.3, -0.25) is 4.90 Å². The maximum atomic E-state index is 5.18. The number of thioether (sulfide) groups is 1. The van der Waals surface area contributed by atoms with E-state index in [0.29, 0.717) is 12.6 Å². The number of likely N-dealkylation sites (N-methyl/N-ethyl adjacent to an activating group) is 1. The Labute approximate surface area is 91.8 Å². The zero-order chi connectivity index (χ0) is 10.4. The van der Waals surface area contributed by atoms with Gasteiger partial charge in [0.25, 0.3) is 0 Å². The van der Waals surface area contributed by atoms with E-state index in [9.17, 15) is 0 Å². The summed E-state index contributed by atoms with van der Waals surface area (Å²) in [6.07, 6.45) is 6.52. The monoisotopic (exact) mass is 212 g/mol. The number of nitrogens with zero attached hydrogens (tertiary/aromatic N) is 1. The Morgan fingerprint density at radius 3 is 3.07 bits per heavy atom. The van der Waals surface area contributed by atoms with Crippen molar-refractivity contribution >= 4 is 11.8 Å². The topological polar surface area (TPSA) is 15.3 Å². The standard InChI is InChI=1S/C11H20N2S/c1-4-6-12-8-10(2)13(3)11-5-7-14-9-11/h1,10-12H,5-9H2,2-3H3. The van der Waals surface area contributed by atoms with Gasteiger partial charge < -0.3 is 5.32 Å². The Hall–Kier alpha value is -0.170. The normalized spacial score (nSPS) is 23.7. The van der Waals surface area contributed by atoms with Gasteiger partial charge in [-0.2, -0.15) is 11.8 Å². The first-order chi connectivity index (χ1) is 6.75.